The average Bonchev–Trinajstić information content (AvgIpc) is 3.37. The summed E-state index contributed by atoms with van der Waals surface area (Å²) >= 11 is 0. The van der Waals surface area contributed by atoms with E-state index in [2.05, 4.69) is 20.4 Å². The molecule has 13 heteroatoms. The summed E-state index contributed by atoms with van der Waals surface area (Å²) in [5.74, 6) is 1.13. The van der Waals surface area contributed by atoms with E-state index in [1.807, 2.05) is 6.92 Å². The van der Waals surface area contributed by atoms with Gasteiger partial charge in [0.2, 0.25) is 5.95 Å². The van der Waals surface area contributed by atoms with Crippen LogP contribution in [0.5, 0.6) is 0 Å². The number of nitrogens with one attached hydrogen (secondary N) is 1. The van der Waals surface area contributed by atoms with Gasteiger partial charge in [0.1, 0.15) is 18.1 Å². The van der Waals surface area contributed by atoms with Gasteiger partial charge in [0.25, 0.3) is 0 Å². The van der Waals surface area contributed by atoms with Gasteiger partial charge in [-0.2, -0.15) is 28.2 Å². The van der Waals surface area contributed by atoms with E-state index in [0.29, 0.717) is 29.8 Å². The minimum Gasteiger partial charge on any atom is -0.388 e. The van der Waals surface area contributed by atoms with E-state index < -0.39 is 34.8 Å². The highest BCUT2D eigenvalue weighted by molar-refractivity contribution is 7.85. The number of rotatable bonds is 6. The first-order valence-corrected chi connectivity index (χ1v) is 12.7. The van der Waals surface area contributed by atoms with E-state index in [0.717, 1.165) is 12.1 Å². The van der Waals surface area contributed by atoms with Crippen LogP contribution in [-0.2, 0) is 17.0 Å². The number of benzene rings is 1. The van der Waals surface area contributed by atoms with Crippen LogP contribution in [0.15, 0.2) is 30.5 Å². The van der Waals surface area contributed by atoms with Gasteiger partial charge in [0.05, 0.1) is 29.4 Å². The van der Waals surface area contributed by atoms with Crippen LogP contribution >= 0.6 is 0 Å². The third-order valence-electron chi connectivity index (χ3n) is 6.43. The van der Waals surface area contributed by atoms with E-state index in [-0.39, 0.29) is 41.7 Å². The van der Waals surface area contributed by atoms with Crippen LogP contribution in [-0.4, -0.2) is 71.5 Å². The zero-order chi connectivity index (χ0) is 24.9. The lowest BCUT2D eigenvalue weighted by molar-refractivity contribution is -0.137. The Labute approximate surface area is 200 Å². The molecule has 1 aromatic carbocycles. The van der Waals surface area contributed by atoms with Crippen LogP contribution < -0.4 is 10.2 Å². The molecule has 1 saturated carbocycles. The van der Waals surface area contributed by atoms with Gasteiger partial charge < -0.3 is 15.3 Å². The lowest BCUT2D eigenvalue weighted by atomic mass is 9.92. The second-order valence-electron chi connectivity index (χ2n) is 8.80. The Morgan fingerprint density at radius 3 is 2.66 bits per heavy atom. The maximum atomic E-state index is 14.1. The number of anilines is 2. The van der Waals surface area contributed by atoms with Crippen molar-refractivity contribution in [3.63, 3.8) is 0 Å². The molecule has 1 aliphatic carbocycles. The van der Waals surface area contributed by atoms with Gasteiger partial charge in [-0.25, -0.2) is 9.07 Å². The first kappa shape index (κ1) is 23.9. The van der Waals surface area contributed by atoms with Crippen molar-refractivity contribution in [1.82, 2.24) is 19.7 Å². The molecule has 1 saturated heterocycles. The molecule has 35 heavy (non-hydrogen) atoms. The summed E-state index contributed by atoms with van der Waals surface area (Å²) in [7, 11) is -0.897. The maximum absolute atomic E-state index is 14.1. The average molecular weight is 513 g/mol. The summed E-state index contributed by atoms with van der Waals surface area (Å²) in [6.45, 7) is 1.81. The molecule has 8 nitrogen and oxygen atoms in total. The number of β-amino-alcohol motifs (C(OH)–C–C–N with tert-alkyl or cyclic N) is 1. The Bertz CT molecular complexity index is 1250. The molecular weight excluding hydrogens is 488 g/mol. The number of halogens is 4. The SMILES string of the molecule is CCS(=O)C1CC(Nc2nc(N3C[C@H](O)[C@@H](F)C3)c3cnn(-c4cccc(C(F)(F)F)c4)c3n2)C1. The van der Waals surface area contributed by atoms with Crippen molar-refractivity contribution in [3.8, 4) is 5.69 Å². The van der Waals surface area contributed by atoms with Crippen molar-refractivity contribution >= 4 is 33.6 Å². The Morgan fingerprint density at radius 2 is 2.00 bits per heavy atom. The van der Waals surface area contributed by atoms with Crippen molar-refractivity contribution in [2.75, 3.05) is 29.1 Å². The summed E-state index contributed by atoms with van der Waals surface area (Å²) in [6.07, 6.45) is -4.36. The Kier molecular flexibility index (Phi) is 6.16. The molecule has 0 spiro atoms. The van der Waals surface area contributed by atoms with Gasteiger partial charge in [0, 0.05) is 34.4 Å². The molecule has 3 aromatic rings. The zero-order valence-electron chi connectivity index (χ0n) is 18.7. The molecule has 0 bridgehead atoms. The highest BCUT2D eigenvalue weighted by Crippen LogP contribution is 2.34. The molecule has 2 fully saturated rings. The van der Waals surface area contributed by atoms with Crippen LogP contribution in [0.1, 0.15) is 25.3 Å². The van der Waals surface area contributed by atoms with Crippen LogP contribution in [0.25, 0.3) is 16.7 Å². The molecule has 2 aliphatic rings. The molecule has 1 aliphatic heterocycles. The van der Waals surface area contributed by atoms with Crippen molar-refractivity contribution in [3.05, 3.63) is 36.0 Å². The minimum atomic E-state index is -4.52. The second-order valence-corrected chi connectivity index (χ2v) is 10.8. The number of aliphatic hydroxyl groups excluding tert-OH is 1. The quantitative estimate of drug-likeness (QED) is 0.490. The Balaban J connectivity index is 1.54. The monoisotopic (exact) mass is 512 g/mol. The number of aliphatic hydroxyl groups is 1. The number of nitrogens with zero attached hydrogens (tertiary/aromatic N) is 5. The Hall–Kier alpha value is -2.80. The van der Waals surface area contributed by atoms with E-state index >= 15 is 0 Å². The number of aromatic nitrogens is 4. The molecule has 0 radical (unpaired) electrons. The summed E-state index contributed by atoms with van der Waals surface area (Å²) in [5, 5.41) is 17.9. The van der Waals surface area contributed by atoms with Crippen LogP contribution in [0, 0.1) is 0 Å². The molecule has 3 heterocycles. The molecule has 0 amide bonds. The fourth-order valence-corrected chi connectivity index (χ4v) is 5.80. The topological polar surface area (TPSA) is 96.2 Å². The highest BCUT2D eigenvalue weighted by Gasteiger charge is 2.36. The van der Waals surface area contributed by atoms with Gasteiger partial charge in [-0.3, -0.25) is 4.21 Å². The zero-order valence-corrected chi connectivity index (χ0v) is 19.6. The third kappa shape index (κ3) is 4.58. The molecule has 1 unspecified atom stereocenters. The van der Waals surface area contributed by atoms with Crippen molar-refractivity contribution in [1.29, 1.82) is 0 Å². The highest BCUT2D eigenvalue weighted by atomic mass is 32.2. The fraction of sp³-hybridized carbons (Fsp3) is 0.500. The minimum absolute atomic E-state index is 0.0104. The Morgan fingerprint density at radius 1 is 1.23 bits per heavy atom. The van der Waals surface area contributed by atoms with Gasteiger partial charge in [-0.15, -0.1) is 0 Å². The molecule has 5 rings (SSSR count). The standard InChI is InChI=1S/C22H24F4N6O2S/c1-2-35(34)15-7-13(8-15)28-21-29-19(31-10-17(23)18(33)11-31)16-9-27-32(20(16)30-21)14-5-3-4-12(6-14)22(24,25)26/h3-6,9,13,15,17-18,33H,2,7-8,10-11H2,1H3,(H,28,29,30)/t13?,15?,17-,18-,35?/m0/s1. The molecule has 3 atom stereocenters. The second kappa shape index (κ2) is 9.01. The lowest BCUT2D eigenvalue weighted by Gasteiger charge is -2.35. The summed E-state index contributed by atoms with van der Waals surface area (Å²) in [6, 6.07) is 4.73. The summed E-state index contributed by atoms with van der Waals surface area (Å²) in [4.78, 5) is 10.6. The van der Waals surface area contributed by atoms with E-state index in [9.17, 15) is 26.9 Å². The van der Waals surface area contributed by atoms with Crippen molar-refractivity contribution < 1.29 is 26.9 Å². The summed E-state index contributed by atoms with van der Waals surface area (Å²) < 4.78 is 67.2. The smallest absolute Gasteiger partial charge is 0.388 e. The van der Waals surface area contributed by atoms with Crippen molar-refractivity contribution in [2.24, 2.45) is 0 Å². The molecule has 188 valence electrons. The van der Waals surface area contributed by atoms with Gasteiger partial charge in [-0.1, -0.05) is 13.0 Å². The maximum Gasteiger partial charge on any atom is 0.416 e. The largest absolute Gasteiger partial charge is 0.416 e. The van der Waals surface area contributed by atoms with Gasteiger partial charge >= 0.3 is 6.18 Å². The number of hydrogen-bond acceptors (Lipinski definition) is 7. The normalized spacial score (nSPS) is 25.6. The predicted octanol–water partition coefficient (Wildman–Crippen LogP) is 3.06. The number of alkyl halides is 4. The fourth-order valence-electron chi connectivity index (χ4n) is 4.44. The predicted molar refractivity (Wildman–Crippen MR) is 124 cm³/mol. The molecular formula is C22H24F4N6O2S. The first-order chi connectivity index (χ1) is 16.6. The van der Waals surface area contributed by atoms with Crippen LogP contribution in [0.3, 0.4) is 0 Å². The molecule has 2 aromatic heterocycles. The van der Waals surface area contributed by atoms with Crippen LogP contribution in [0.2, 0.25) is 0 Å². The van der Waals surface area contributed by atoms with E-state index in [1.54, 1.807) is 4.90 Å². The number of fused-ring (bicyclic) bond motifs is 1. The van der Waals surface area contributed by atoms with Gasteiger partial charge in [-0.05, 0) is 31.0 Å². The van der Waals surface area contributed by atoms with E-state index in [1.165, 1.54) is 23.0 Å². The third-order valence-corrected chi connectivity index (χ3v) is 8.13. The van der Waals surface area contributed by atoms with Crippen LogP contribution in [0.4, 0.5) is 29.3 Å². The number of hydrogen-bond donors (Lipinski definition) is 2. The van der Waals surface area contributed by atoms with Gasteiger partial charge in [0.15, 0.2) is 5.65 Å². The van der Waals surface area contributed by atoms with Crippen molar-refractivity contribution in [2.45, 2.75) is 49.5 Å². The summed E-state index contributed by atoms with van der Waals surface area (Å²) in [5.41, 5.74) is -0.405. The first-order valence-electron chi connectivity index (χ1n) is 11.3. The lowest BCUT2D eigenvalue weighted by Crippen LogP contribution is -2.42. The van der Waals surface area contributed by atoms with E-state index in [4.69, 9.17) is 0 Å². The molecule has 2 N–H and O–H groups in total.